The molecule has 0 N–H and O–H groups in total. The molecule has 3 rings (SSSR count). The van der Waals surface area contributed by atoms with Crippen LogP contribution in [0.2, 0.25) is 0 Å². The normalized spacial score (nSPS) is 19.3. The molecule has 148 valence electrons. The van der Waals surface area contributed by atoms with Crippen LogP contribution in [0.5, 0.6) is 0 Å². The largest absolute Gasteiger partial charge is 0.418 e. The second kappa shape index (κ2) is 7.47. The lowest BCUT2D eigenvalue weighted by atomic mass is 10.0. The van der Waals surface area contributed by atoms with E-state index in [1.807, 2.05) is 0 Å². The number of hydrogen-bond acceptors (Lipinski definition) is 4. The number of halogens is 3. The first-order valence-corrected chi connectivity index (χ1v) is 8.72. The molecule has 6 nitrogen and oxygen atoms in total. The van der Waals surface area contributed by atoms with Gasteiger partial charge >= 0.3 is 6.18 Å². The molecular weight excluding hydrogens is 365 g/mol. The third kappa shape index (κ3) is 4.24. The molecule has 0 unspecified atom stereocenters. The minimum Gasteiger partial charge on any atom is -0.347 e. The second-order valence-corrected chi connectivity index (χ2v) is 6.61. The van der Waals surface area contributed by atoms with Crippen molar-refractivity contribution < 1.29 is 32.2 Å². The molecule has 0 aromatic heterocycles. The first-order valence-electron chi connectivity index (χ1n) is 8.72. The molecule has 2 aliphatic rings. The number of carbonyl (C=O) groups excluding carboxylic acids is 2. The van der Waals surface area contributed by atoms with Gasteiger partial charge in [0.2, 0.25) is 11.8 Å². The van der Waals surface area contributed by atoms with E-state index in [0.717, 1.165) is 17.9 Å². The molecule has 2 saturated heterocycles. The topological polar surface area (TPSA) is 59.1 Å². The van der Waals surface area contributed by atoms with E-state index in [1.54, 1.807) is 0 Å². The monoisotopic (exact) mass is 386 g/mol. The lowest BCUT2D eigenvalue weighted by Gasteiger charge is -2.38. The number of alkyl halides is 3. The highest BCUT2D eigenvalue weighted by Gasteiger charge is 2.41. The first kappa shape index (κ1) is 19.6. The summed E-state index contributed by atoms with van der Waals surface area (Å²) in [4.78, 5) is 27.0. The third-order valence-electron chi connectivity index (χ3n) is 4.87. The van der Waals surface area contributed by atoms with Gasteiger partial charge in [-0.3, -0.25) is 9.59 Å². The van der Waals surface area contributed by atoms with Gasteiger partial charge in [0.05, 0.1) is 24.5 Å². The Morgan fingerprint density at radius 1 is 1.15 bits per heavy atom. The number of amides is 2. The maximum absolute atomic E-state index is 13.3. The Morgan fingerprint density at radius 2 is 1.74 bits per heavy atom. The maximum Gasteiger partial charge on any atom is 0.418 e. The van der Waals surface area contributed by atoms with E-state index >= 15 is 0 Å². The summed E-state index contributed by atoms with van der Waals surface area (Å²) in [5, 5.41) is 0. The highest BCUT2D eigenvalue weighted by molar-refractivity contribution is 5.98. The number of ether oxygens (including phenoxy) is 2. The minimum absolute atomic E-state index is 0.318. The number of carbonyl (C=O) groups is 2. The van der Waals surface area contributed by atoms with Gasteiger partial charge in [-0.2, -0.15) is 13.2 Å². The molecule has 0 bridgehead atoms. The van der Waals surface area contributed by atoms with Crippen molar-refractivity contribution in [2.75, 3.05) is 37.7 Å². The van der Waals surface area contributed by atoms with Crippen molar-refractivity contribution in [1.82, 2.24) is 4.90 Å². The van der Waals surface area contributed by atoms with Crippen LogP contribution in [0.15, 0.2) is 24.3 Å². The summed E-state index contributed by atoms with van der Waals surface area (Å²) in [5.74, 6) is -1.69. The number of likely N-dealkylation sites (tertiary alicyclic amines) is 1. The van der Waals surface area contributed by atoms with Gasteiger partial charge in [-0.25, -0.2) is 0 Å². The molecule has 9 heteroatoms. The van der Waals surface area contributed by atoms with Crippen molar-refractivity contribution in [3.8, 4) is 0 Å². The first-order chi connectivity index (χ1) is 12.7. The number of para-hydroxylation sites is 1. The Morgan fingerprint density at radius 3 is 2.30 bits per heavy atom. The van der Waals surface area contributed by atoms with E-state index in [0.29, 0.717) is 39.1 Å². The van der Waals surface area contributed by atoms with Crippen LogP contribution in [0.25, 0.3) is 0 Å². The van der Waals surface area contributed by atoms with Gasteiger partial charge in [-0.15, -0.1) is 0 Å². The Bertz CT molecular complexity index is 707. The van der Waals surface area contributed by atoms with Gasteiger partial charge in [0.25, 0.3) is 0 Å². The van der Waals surface area contributed by atoms with Crippen molar-refractivity contribution in [2.45, 2.75) is 31.7 Å². The predicted molar refractivity (Wildman–Crippen MR) is 89.9 cm³/mol. The Labute approximate surface area is 154 Å². The predicted octanol–water partition coefficient (Wildman–Crippen LogP) is 2.42. The molecule has 2 heterocycles. The summed E-state index contributed by atoms with van der Waals surface area (Å²) in [5.41, 5.74) is -1.26. The van der Waals surface area contributed by atoms with Crippen LogP contribution in [0, 0.1) is 0 Å². The number of rotatable bonds is 3. The van der Waals surface area contributed by atoms with E-state index in [1.165, 1.54) is 23.1 Å². The SMILES string of the molecule is CC(=O)N(CC(=O)N1CCC2(CC1)OCCO2)c1ccccc1C(F)(F)F. The quantitative estimate of drug-likeness (QED) is 0.801. The fourth-order valence-corrected chi connectivity index (χ4v) is 3.43. The van der Waals surface area contributed by atoms with Crippen LogP contribution in [-0.4, -0.2) is 55.3 Å². The lowest BCUT2D eigenvalue weighted by molar-refractivity contribution is -0.187. The van der Waals surface area contributed by atoms with Crippen LogP contribution in [-0.2, 0) is 25.2 Å². The molecule has 1 aromatic rings. The van der Waals surface area contributed by atoms with Crippen molar-refractivity contribution >= 4 is 17.5 Å². The zero-order valence-electron chi connectivity index (χ0n) is 14.9. The van der Waals surface area contributed by atoms with Crippen molar-refractivity contribution in [1.29, 1.82) is 0 Å². The summed E-state index contributed by atoms with van der Waals surface area (Å²) >= 11 is 0. The Balaban J connectivity index is 1.72. The Hall–Kier alpha value is -2.13. The number of nitrogens with zero attached hydrogens (tertiary/aromatic N) is 2. The van der Waals surface area contributed by atoms with Crippen molar-refractivity contribution in [3.05, 3.63) is 29.8 Å². The maximum atomic E-state index is 13.3. The fraction of sp³-hybridized carbons (Fsp3) is 0.556. The molecule has 2 amide bonds. The number of hydrogen-bond donors (Lipinski definition) is 0. The smallest absolute Gasteiger partial charge is 0.347 e. The molecule has 1 spiro atoms. The zero-order chi connectivity index (χ0) is 19.7. The highest BCUT2D eigenvalue weighted by atomic mass is 19.4. The van der Waals surface area contributed by atoms with Gasteiger partial charge in [0.1, 0.15) is 6.54 Å². The van der Waals surface area contributed by atoms with Crippen molar-refractivity contribution in [2.24, 2.45) is 0 Å². The van der Waals surface area contributed by atoms with Crippen molar-refractivity contribution in [3.63, 3.8) is 0 Å². The molecule has 27 heavy (non-hydrogen) atoms. The van der Waals surface area contributed by atoms with E-state index < -0.39 is 35.9 Å². The average molecular weight is 386 g/mol. The molecule has 2 fully saturated rings. The highest BCUT2D eigenvalue weighted by Crippen LogP contribution is 2.37. The van der Waals surface area contributed by atoms with Gasteiger partial charge in [-0.05, 0) is 12.1 Å². The second-order valence-electron chi connectivity index (χ2n) is 6.61. The molecule has 0 aliphatic carbocycles. The van der Waals surface area contributed by atoms with Crippen LogP contribution < -0.4 is 4.90 Å². The van der Waals surface area contributed by atoms with Crippen LogP contribution >= 0.6 is 0 Å². The minimum atomic E-state index is -4.62. The van der Waals surface area contributed by atoms with Crippen LogP contribution in [0.3, 0.4) is 0 Å². The number of piperidine rings is 1. The summed E-state index contributed by atoms with van der Waals surface area (Å²) in [6.07, 6.45) is -3.63. The van der Waals surface area contributed by atoms with E-state index in [-0.39, 0.29) is 5.69 Å². The summed E-state index contributed by atoms with van der Waals surface area (Å²) in [6.45, 7) is 2.46. The van der Waals surface area contributed by atoms with Crippen LogP contribution in [0.4, 0.5) is 18.9 Å². The lowest BCUT2D eigenvalue weighted by Crippen LogP contribution is -2.50. The molecule has 1 aromatic carbocycles. The van der Waals surface area contributed by atoms with Gasteiger partial charge in [0.15, 0.2) is 5.79 Å². The average Bonchev–Trinajstić information content (AvgIpc) is 3.07. The summed E-state index contributed by atoms with van der Waals surface area (Å²) < 4.78 is 51.0. The molecule has 0 radical (unpaired) electrons. The third-order valence-corrected chi connectivity index (χ3v) is 4.87. The van der Waals surface area contributed by atoms with E-state index in [9.17, 15) is 22.8 Å². The van der Waals surface area contributed by atoms with Crippen LogP contribution in [0.1, 0.15) is 25.3 Å². The molecule has 2 aliphatic heterocycles. The molecular formula is C18H21F3N2O4. The van der Waals surface area contributed by atoms with E-state index in [2.05, 4.69) is 0 Å². The standard InChI is InChI=1S/C18H21F3N2O4/c1-13(24)23(15-5-3-2-4-14(15)18(19,20)21)12-16(25)22-8-6-17(7-9-22)26-10-11-27-17/h2-5H,6-12H2,1H3. The molecule has 0 saturated carbocycles. The molecule has 0 atom stereocenters. The number of anilines is 1. The summed E-state index contributed by atoms with van der Waals surface area (Å²) in [7, 11) is 0. The zero-order valence-corrected chi connectivity index (χ0v) is 14.9. The fourth-order valence-electron chi connectivity index (χ4n) is 3.43. The number of benzene rings is 1. The van der Waals surface area contributed by atoms with Gasteiger partial charge < -0.3 is 19.3 Å². The van der Waals surface area contributed by atoms with Gasteiger partial charge in [0, 0.05) is 32.9 Å². The van der Waals surface area contributed by atoms with E-state index in [4.69, 9.17) is 9.47 Å². The Kier molecular flexibility index (Phi) is 5.43. The van der Waals surface area contributed by atoms with Gasteiger partial charge in [-0.1, -0.05) is 12.1 Å². The summed E-state index contributed by atoms with van der Waals surface area (Å²) in [6, 6.07) is 4.75.